The zero-order valence-corrected chi connectivity index (χ0v) is 13.4. The highest BCUT2D eigenvalue weighted by molar-refractivity contribution is 6.37. The van der Waals surface area contributed by atoms with Gasteiger partial charge in [0.1, 0.15) is 5.75 Å². The summed E-state index contributed by atoms with van der Waals surface area (Å²) in [6.45, 7) is 0. The van der Waals surface area contributed by atoms with Crippen molar-refractivity contribution < 1.29 is 4.74 Å². The van der Waals surface area contributed by atoms with Crippen molar-refractivity contribution in [3.8, 4) is 11.5 Å². The molecule has 0 aliphatic heterocycles. The Morgan fingerprint density at radius 3 is 2.41 bits per heavy atom. The van der Waals surface area contributed by atoms with Crippen LogP contribution in [0.1, 0.15) is 31.7 Å². The average Bonchev–Trinajstić information content (AvgIpc) is 2.98. The van der Waals surface area contributed by atoms with Crippen LogP contribution in [-0.2, 0) is 0 Å². The number of halogens is 2. The lowest BCUT2D eigenvalue weighted by atomic mass is 10.2. The molecule has 3 rings (SSSR count). The first-order chi connectivity index (χ1) is 10.5. The lowest BCUT2D eigenvalue weighted by molar-refractivity contribution is 0.452. The highest BCUT2D eigenvalue weighted by Gasteiger charge is 2.18. The molecule has 0 atom stereocenters. The summed E-state index contributed by atoms with van der Waals surface area (Å²) < 4.78 is 7.51. The van der Waals surface area contributed by atoms with Gasteiger partial charge in [-0.15, -0.1) is 0 Å². The summed E-state index contributed by atoms with van der Waals surface area (Å²) in [5, 5.41) is 0.673. The molecule has 1 aliphatic carbocycles. The Labute approximate surface area is 138 Å². The number of nitrogen functional groups attached to an aromatic ring is 1. The topological polar surface area (TPSA) is 57.2 Å². The Bertz CT molecular complexity index is 729. The van der Waals surface area contributed by atoms with Crippen molar-refractivity contribution in [1.82, 2.24) is 4.57 Å². The summed E-state index contributed by atoms with van der Waals surface area (Å²) >= 11 is 12.2. The fourth-order valence-electron chi connectivity index (χ4n) is 2.81. The highest BCUT2D eigenvalue weighted by atomic mass is 35.5. The van der Waals surface area contributed by atoms with Gasteiger partial charge in [-0.1, -0.05) is 36.0 Å². The first-order valence-electron chi connectivity index (χ1n) is 7.19. The second-order valence-electron chi connectivity index (χ2n) is 5.46. The molecule has 1 heterocycles. The molecule has 4 nitrogen and oxygen atoms in total. The predicted molar refractivity (Wildman–Crippen MR) is 89.2 cm³/mol. The van der Waals surface area contributed by atoms with Gasteiger partial charge in [0.15, 0.2) is 5.75 Å². The monoisotopic (exact) mass is 338 g/mol. The molecule has 2 N–H and O–H groups in total. The summed E-state index contributed by atoms with van der Waals surface area (Å²) in [4.78, 5) is 12.0. The second kappa shape index (κ2) is 6.23. The van der Waals surface area contributed by atoms with Gasteiger partial charge < -0.3 is 15.0 Å². The molecule has 22 heavy (non-hydrogen) atoms. The molecule has 0 saturated heterocycles. The van der Waals surface area contributed by atoms with Gasteiger partial charge in [-0.05, 0) is 31.0 Å². The van der Waals surface area contributed by atoms with Crippen LogP contribution in [0.15, 0.2) is 35.3 Å². The highest BCUT2D eigenvalue weighted by Crippen LogP contribution is 2.38. The summed E-state index contributed by atoms with van der Waals surface area (Å²) in [5.74, 6) is 0.870. The molecule has 0 spiro atoms. The number of anilines is 1. The molecule has 1 aromatic carbocycles. The minimum atomic E-state index is -0.0197. The minimum absolute atomic E-state index is 0.0197. The molecule has 2 aromatic rings. The predicted octanol–water partition coefficient (Wildman–Crippen LogP) is 4.64. The molecular weight excluding hydrogens is 323 g/mol. The SMILES string of the molecule is Nc1cc(Cl)c(Oc2ccc(=O)n(C3CCCC3)c2)c(Cl)c1. The van der Waals surface area contributed by atoms with E-state index in [1.165, 1.54) is 6.07 Å². The molecule has 116 valence electrons. The summed E-state index contributed by atoms with van der Waals surface area (Å²) in [7, 11) is 0. The van der Waals surface area contributed by atoms with E-state index in [0.717, 1.165) is 25.7 Å². The number of hydrogen-bond donors (Lipinski definition) is 1. The molecule has 1 aliphatic rings. The number of rotatable bonds is 3. The minimum Gasteiger partial charge on any atom is -0.453 e. The molecule has 1 saturated carbocycles. The fourth-order valence-corrected chi connectivity index (χ4v) is 3.39. The molecule has 0 amide bonds. The molecule has 1 aromatic heterocycles. The van der Waals surface area contributed by atoms with Crippen LogP contribution in [0, 0.1) is 0 Å². The number of hydrogen-bond acceptors (Lipinski definition) is 3. The lowest BCUT2D eigenvalue weighted by Crippen LogP contribution is -2.21. The third-order valence-electron chi connectivity index (χ3n) is 3.87. The Kier molecular flexibility index (Phi) is 4.32. The van der Waals surface area contributed by atoms with Gasteiger partial charge in [0.2, 0.25) is 0 Å². The van der Waals surface area contributed by atoms with E-state index >= 15 is 0 Å². The van der Waals surface area contributed by atoms with Crippen LogP contribution in [-0.4, -0.2) is 4.57 Å². The van der Waals surface area contributed by atoms with E-state index in [2.05, 4.69) is 0 Å². The summed E-state index contributed by atoms with van der Waals surface area (Å²) in [6, 6.07) is 6.53. The van der Waals surface area contributed by atoms with Gasteiger partial charge in [-0.2, -0.15) is 0 Å². The van der Waals surface area contributed by atoms with Crippen LogP contribution in [0.25, 0.3) is 0 Å². The molecule has 1 fully saturated rings. The lowest BCUT2D eigenvalue weighted by Gasteiger charge is -2.16. The maximum Gasteiger partial charge on any atom is 0.251 e. The Hall–Kier alpha value is -1.65. The van der Waals surface area contributed by atoms with Crippen LogP contribution >= 0.6 is 23.2 Å². The van der Waals surface area contributed by atoms with E-state index in [1.807, 2.05) is 0 Å². The van der Waals surface area contributed by atoms with Crippen LogP contribution < -0.4 is 16.0 Å². The van der Waals surface area contributed by atoms with Crippen molar-refractivity contribution in [1.29, 1.82) is 0 Å². The van der Waals surface area contributed by atoms with Crippen molar-refractivity contribution in [2.24, 2.45) is 0 Å². The zero-order chi connectivity index (χ0) is 15.7. The van der Waals surface area contributed by atoms with Crippen molar-refractivity contribution in [2.45, 2.75) is 31.7 Å². The third-order valence-corrected chi connectivity index (χ3v) is 4.43. The molecule has 0 bridgehead atoms. The maximum atomic E-state index is 12.0. The van der Waals surface area contributed by atoms with Crippen LogP contribution in [0.2, 0.25) is 10.0 Å². The number of nitrogens with zero attached hydrogens (tertiary/aromatic N) is 1. The quantitative estimate of drug-likeness (QED) is 0.829. The van der Waals surface area contributed by atoms with E-state index in [1.54, 1.807) is 29.0 Å². The second-order valence-corrected chi connectivity index (χ2v) is 6.28. The Morgan fingerprint density at radius 2 is 1.77 bits per heavy atom. The number of benzene rings is 1. The Balaban J connectivity index is 1.93. The normalized spacial score (nSPS) is 15.2. The summed E-state index contributed by atoms with van der Waals surface area (Å²) in [5.41, 5.74) is 6.13. The van der Waals surface area contributed by atoms with Gasteiger partial charge in [0.05, 0.1) is 16.2 Å². The summed E-state index contributed by atoms with van der Waals surface area (Å²) in [6.07, 6.45) is 6.07. The van der Waals surface area contributed by atoms with Crippen molar-refractivity contribution in [3.63, 3.8) is 0 Å². The first-order valence-corrected chi connectivity index (χ1v) is 7.95. The van der Waals surface area contributed by atoms with Crippen LogP contribution in [0.4, 0.5) is 5.69 Å². The molecule has 6 heteroatoms. The van der Waals surface area contributed by atoms with Crippen LogP contribution in [0.5, 0.6) is 11.5 Å². The van der Waals surface area contributed by atoms with Crippen molar-refractivity contribution in [2.75, 3.05) is 5.73 Å². The number of aromatic nitrogens is 1. The van der Waals surface area contributed by atoms with Crippen molar-refractivity contribution in [3.05, 3.63) is 50.9 Å². The standard InChI is InChI=1S/C16H16Cl2N2O2/c17-13-7-10(19)8-14(18)16(13)22-12-5-6-15(21)20(9-12)11-3-1-2-4-11/h5-9,11H,1-4,19H2. The van der Waals surface area contributed by atoms with E-state index in [9.17, 15) is 4.79 Å². The van der Waals surface area contributed by atoms with Gasteiger partial charge in [0.25, 0.3) is 5.56 Å². The van der Waals surface area contributed by atoms with Crippen LogP contribution in [0.3, 0.4) is 0 Å². The number of nitrogens with two attached hydrogens (primary N) is 1. The first kappa shape index (κ1) is 15.3. The smallest absolute Gasteiger partial charge is 0.251 e. The van der Waals surface area contributed by atoms with Gasteiger partial charge in [-0.25, -0.2) is 0 Å². The fraction of sp³-hybridized carbons (Fsp3) is 0.312. The zero-order valence-electron chi connectivity index (χ0n) is 11.9. The van der Waals surface area contributed by atoms with E-state index < -0.39 is 0 Å². The van der Waals surface area contributed by atoms with E-state index in [-0.39, 0.29) is 11.6 Å². The largest absolute Gasteiger partial charge is 0.453 e. The number of pyridine rings is 1. The third kappa shape index (κ3) is 3.08. The Morgan fingerprint density at radius 1 is 1.14 bits per heavy atom. The average molecular weight is 339 g/mol. The molecular formula is C16H16Cl2N2O2. The molecule has 0 unspecified atom stereocenters. The maximum absolute atomic E-state index is 12.0. The van der Waals surface area contributed by atoms with Gasteiger partial charge >= 0.3 is 0 Å². The van der Waals surface area contributed by atoms with Gasteiger partial charge in [-0.3, -0.25) is 4.79 Å². The molecule has 0 radical (unpaired) electrons. The van der Waals surface area contributed by atoms with E-state index in [4.69, 9.17) is 33.7 Å². The number of ether oxygens (including phenoxy) is 1. The van der Waals surface area contributed by atoms with E-state index in [0.29, 0.717) is 27.2 Å². The van der Waals surface area contributed by atoms with Crippen molar-refractivity contribution >= 4 is 28.9 Å². The van der Waals surface area contributed by atoms with Gasteiger partial charge in [0, 0.05) is 17.8 Å².